The average Bonchev–Trinajstić information content (AvgIpc) is 3.05. The normalized spacial score (nSPS) is 14.1. The summed E-state index contributed by atoms with van der Waals surface area (Å²) in [5.74, 6) is 0. The zero-order valence-corrected chi connectivity index (χ0v) is 27.5. The van der Waals surface area contributed by atoms with Crippen LogP contribution in [0.5, 0.6) is 0 Å². The van der Waals surface area contributed by atoms with Crippen molar-refractivity contribution in [2.75, 3.05) is 165 Å². The van der Waals surface area contributed by atoms with Crippen LogP contribution in [0.1, 0.15) is 32.6 Å². The molecule has 13 nitrogen and oxygen atoms in total. The highest BCUT2D eigenvalue weighted by Crippen LogP contribution is 2.06. The standard InChI is InChI=1S/C31H63NO12/c1-2-3-8-33-9-10-34-11-12-35-13-14-36-15-16-37-17-18-38-19-20-39-21-22-40-23-24-41-25-26-42-27-28-43-29-30-44-31-4-6-32-7-5-31/h31-32H,2-30H2,1H3. The molecule has 0 unspecified atom stereocenters. The molecule has 0 aromatic rings. The van der Waals surface area contributed by atoms with Crippen molar-refractivity contribution in [3.8, 4) is 0 Å². The van der Waals surface area contributed by atoms with E-state index in [1.54, 1.807) is 0 Å². The molecule has 1 fully saturated rings. The Kier molecular flexibility index (Phi) is 34.8. The van der Waals surface area contributed by atoms with Gasteiger partial charge in [-0.1, -0.05) is 13.3 Å². The monoisotopic (exact) mass is 641 g/mol. The third kappa shape index (κ3) is 32.9. The van der Waals surface area contributed by atoms with Crippen LogP contribution in [-0.4, -0.2) is 171 Å². The fourth-order valence-electron chi connectivity index (χ4n) is 3.78. The number of nitrogens with one attached hydrogen (secondary N) is 1. The van der Waals surface area contributed by atoms with Gasteiger partial charge in [-0.2, -0.15) is 0 Å². The molecule has 0 radical (unpaired) electrons. The zero-order chi connectivity index (χ0) is 31.3. The van der Waals surface area contributed by atoms with Crippen LogP contribution in [0.3, 0.4) is 0 Å². The number of hydrogen-bond acceptors (Lipinski definition) is 13. The van der Waals surface area contributed by atoms with Crippen LogP contribution in [0.2, 0.25) is 0 Å². The van der Waals surface area contributed by atoms with Crippen molar-refractivity contribution in [3.63, 3.8) is 0 Å². The van der Waals surface area contributed by atoms with E-state index < -0.39 is 0 Å². The summed E-state index contributed by atoms with van der Waals surface area (Å²) in [5.41, 5.74) is 0. The van der Waals surface area contributed by atoms with Crippen LogP contribution in [0.15, 0.2) is 0 Å². The topological polar surface area (TPSA) is 123 Å². The summed E-state index contributed by atoms with van der Waals surface area (Å²) in [7, 11) is 0. The molecule has 1 aliphatic heterocycles. The van der Waals surface area contributed by atoms with Gasteiger partial charge in [0.25, 0.3) is 0 Å². The first kappa shape index (κ1) is 41.5. The molecular weight excluding hydrogens is 578 g/mol. The molecule has 0 aromatic heterocycles. The molecular formula is C31H63NO12. The van der Waals surface area contributed by atoms with Crippen molar-refractivity contribution in [1.82, 2.24) is 5.32 Å². The van der Waals surface area contributed by atoms with Gasteiger partial charge >= 0.3 is 0 Å². The Bertz CT molecular complexity index is 532. The molecule has 1 aliphatic rings. The quantitative estimate of drug-likeness (QED) is 0.0992. The van der Waals surface area contributed by atoms with E-state index in [0.29, 0.717) is 151 Å². The number of piperidine rings is 1. The predicted molar refractivity (Wildman–Crippen MR) is 166 cm³/mol. The van der Waals surface area contributed by atoms with E-state index in [1.807, 2.05) is 0 Å². The molecule has 0 spiro atoms. The Hall–Kier alpha value is -0.520. The molecule has 44 heavy (non-hydrogen) atoms. The summed E-state index contributed by atoms with van der Waals surface area (Å²) in [5, 5.41) is 3.33. The largest absolute Gasteiger partial charge is 0.379 e. The second-order valence-electron chi connectivity index (χ2n) is 9.91. The molecule has 264 valence electrons. The van der Waals surface area contributed by atoms with Crippen LogP contribution < -0.4 is 5.32 Å². The van der Waals surface area contributed by atoms with Gasteiger partial charge in [0, 0.05) is 6.61 Å². The lowest BCUT2D eigenvalue weighted by Crippen LogP contribution is -2.33. The van der Waals surface area contributed by atoms with E-state index >= 15 is 0 Å². The maximum Gasteiger partial charge on any atom is 0.0704 e. The third-order valence-corrected chi connectivity index (χ3v) is 6.23. The first-order valence-corrected chi connectivity index (χ1v) is 16.6. The molecule has 0 bridgehead atoms. The van der Waals surface area contributed by atoms with Crippen molar-refractivity contribution in [1.29, 1.82) is 0 Å². The molecule has 1 heterocycles. The van der Waals surface area contributed by atoms with Gasteiger partial charge in [0.15, 0.2) is 0 Å². The molecule has 0 atom stereocenters. The van der Waals surface area contributed by atoms with Gasteiger partial charge in [-0.3, -0.25) is 0 Å². The van der Waals surface area contributed by atoms with E-state index in [1.165, 1.54) is 0 Å². The number of unbranched alkanes of at least 4 members (excludes halogenated alkanes) is 1. The van der Waals surface area contributed by atoms with E-state index in [9.17, 15) is 0 Å². The van der Waals surface area contributed by atoms with Crippen LogP contribution in [0.25, 0.3) is 0 Å². The molecule has 0 amide bonds. The summed E-state index contributed by atoms with van der Waals surface area (Å²) < 4.78 is 66.0. The lowest BCUT2D eigenvalue weighted by atomic mass is 10.1. The lowest BCUT2D eigenvalue weighted by Gasteiger charge is -2.22. The minimum atomic E-state index is 0.374. The molecule has 0 aromatic carbocycles. The summed E-state index contributed by atoms with van der Waals surface area (Å²) in [6.45, 7) is 17.2. The highest BCUT2D eigenvalue weighted by atomic mass is 16.6. The summed E-state index contributed by atoms with van der Waals surface area (Å²) >= 11 is 0. The Morgan fingerprint density at radius 3 is 0.886 bits per heavy atom. The van der Waals surface area contributed by atoms with Gasteiger partial charge in [-0.25, -0.2) is 0 Å². The maximum atomic E-state index is 5.79. The lowest BCUT2D eigenvalue weighted by molar-refractivity contribution is -0.0326. The molecule has 1 saturated heterocycles. The first-order valence-electron chi connectivity index (χ1n) is 16.6. The fourth-order valence-corrected chi connectivity index (χ4v) is 3.78. The molecule has 1 N–H and O–H groups in total. The van der Waals surface area contributed by atoms with Gasteiger partial charge in [0.1, 0.15) is 0 Å². The van der Waals surface area contributed by atoms with Gasteiger partial charge < -0.3 is 62.2 Å². The SMILES string of the molecule is CCCCOCCOCCOCCOCCOCCOCCOCCOCCOCCOCCOCCOC1CCNCC1. The summed E-state index contributed by atoms with van der Waals surface area (Å²) in [6.07, 6.45) is 4.78. The fraction of sp³-hybridized carbons (Fsp3) is 1.00. The van der Waals surface area contributed by atoms with E-state index in [0.717, 1.165) is 45.4 Å². The van der Waals surface area contributed by atoms with Crippen LogP contribution in [0, 0.1) is 0 Å². The molecule has 13 heteroatoms. The van der Waals surface area contributed by atoms with Gasteiger partial charge in [0.05, 0.1) is 151 Å². The van der Waals surface area contributed by atoms with Crippen molar-refractivity contribution in [2.45, 2.75) is 38.7 Å². The van der Waals surface area contributed by atoms with Gasteiger partial charge in [-0.15, -0.1) is 0 Å². The van der Waals surface area contributed by atoms with Crippen molar-refractivity contribution < 1.29 is 56.8 Å². The Morgan fingerprint density at radius 1 is 0.364 bits per heavy atom. The van der Waals surface area contributed by atoms with Crippen LogP contribution in [0.4, 0.5) is 0 Å². The van der Waals surface area contributed by atoms with E-state index in [2.05, 4.69) is 12.2 Å². The first-order chi connectivity index (χ1) is 21.9. The Labute approximate surface area is 266 Å². The smallest absolute Gasteiger partial charge is 0.0704 e. The average molecular weight is 642 g/mol. The highest BCUT2D eigenvalue weighted by Gasteiger charge is 2.12. The molecule has 0 saturated carbocycles. The molecule has 0 aliphatic carbocycles. The van der Waals surface area contributed by atoms with Gasteiger partial charge in [-0.05, 0) is 32.4 Å². The Balaban J connectivity index is 1.60. The third-order valence-electron chi connectivity index (χ3n) is 6.23. The van der Waals surface area contributed by atoms with E-state index in [-0.39, 0.29) is 0 Å². The number of ether oxygens (including phenoxy) is 12. The minimum absolute atomic E-state index is 0.374. The minimum Gasteiger partial charge on any atom is -0.379 e. The molecule has 1 rings (SSSR count). The zero-order valence-electron chi connectivity index (χ0n) is 27.5. The Morgan fingerprint density at radius 2 is 0.614 bits per heavy atom. The number of rotatable bonds is 37. The van der Waals surface area contributed by atoms with Crippen molar-refractivity contribution in [2.24, 2.45) is 0 Å². The highest BCUT2D eigenvalue weighted by molar-refractivity contribution is 4.67. The van der Waals surface area contributed by atoms with Crippen molar-refractivity contribution >= 4 is 0 Å². The second kappa shape index (κ2) is 36.9. The van der Waals surface area contributed by atoms with Crippen LogP contribution in [-0.2, 0) is 56.8 Å². The number of hydrogen-bond donors (Lipinski definition) is 1. The van der Waals surface area contributed by atoms with E-state index in [4.69, 9.17) is 56.8 Å². The summed E-state index contributed by atoms with van der Waals surface area (Å²) in [4.78, 5) is 0. The summed E-state index contributed by atoms with van der Waals surface area (Å²) in [6, 6.07) is 0. The second-order valence-corrected chi connectivity index (χ2v) is 9.91. The van der Waals surface area contributed by atoms with Gasteiger partial charge in [0.2, 0.25) is 0 Å². The van der Waals surface area contributed by atoms with Crippen molar-refractivity contribution in [3.05, 3.63) is 0 Å². The predicted octanol–water partition coefficient (Wildman–Crippen LogP) is 1.74. The van der Waals surface area contributed by atoms with Crippen LogP contribution >= 0.6 is 0 Å². The maximum absolute atomic E-state index is 5.79.